The molecule has 2 fully saturated rings. The van der Waals surface area contributed by atoms with Crippen molar-refractivity contribution in [1.82, 2.24) is 25.2 Å². The molecule has 11 heteroatoms. The Morgan fingerprint density at radius 2 is 2.03 bits per heavy atom. The first kappa shape index (κ1) is 25.7. The minimum absolute atomic E-state index is 0.0650. The van der Waals surface area contributed by atoms with E-state index in [0.29, 0.717) is 71.5 Å². The number of carbonyl (C=O) groups is 2. The van der Waals surface area contributed by atoms with Crippen LogP contribution < -0.4 is 14.8 Å². The fraction of sp³-hybridized carbons (Fsp3) is 0.481. The second kappa shape index (κ2) is 10.8. The predicted molar refractivity (Wildman–Crippen MR) is 138 cm³/mol. The van der Waals surface area contributed by atoms with Gasteiger partial charge in [-0.25, -0.2) is 19.2 Å². The summed E-state index contributed by atoms with van der Waals surface area (Å²) < 4.78 is 30.9. The number of likely N-dealkylation sites (tertiary alicyclic amines) is 1. The Bertz CT molecular complexity index is 1360. The fourth-order valence-electron chi connectivity index (χ4n) is 4.82. The number of carbonyl (C=O) groups excluding carboxylic acids is 2. The number of fused-ring (bicyclic) bond motifs is 1. The second-order valence-corrected chi connectivity index (χ2v) is 9.77. The number of nitrogens with one attached hydrogen (secondary N) is 2. The van der Waals surface area contributed by atoms with Gasteiger partial charge in [0, 0.05) is 36.5 Å². The Kier molecular flexibility index (Phi) is 7.35. The Morgan fingerprint density at radius 3 is 2.76 bits per heavy atom. The van der Waals surface area contributed by atoms with Crippen LogP contribution in [0, 0.1) is 18.7 Å². The van der Waals surface area contributed by atoms with Crippen molar-refractivity contribution in [2.75, 3.05) is 33.4 Å². The first-order valence-corrected chi connectivity index (χ1v) is 13.0. The first-order chi connectivity index (χ1) is 18.4. The zero-order valence-corrected chi connectivity index (χ0v) is 21.8. The monoisotopic (exact) mass is 525 g/mol. The van der Waals surface area contributed by atoms with Gasteiger partial charge in [0.25, 0.3) is 5.91 Å². The van der Waals surface area contributed by atoms with Crippen LogP contribution >= 0.6 is 0 Å². The largest absolute Gasteiger partial charge is 0.494 e. The van der Waals surface area contributed by atoms with E-state index in [0.717, 1.165) is 25.7 Å². The zero-order valence-electron chi connectivity index (χ0n) is 21.8. The van der Waals surface area contributed by atoms with Crippen LogP contribution in [0.1, 0.15) is 48.7 Å². The van der Waals surface area contributed by atoms with Crippen LogP contribution in [-0.2, 0) is 4.74 Å². The number of aryl methyl sites for hydroxylation is 1. The Balaban J connectivity index is 1.45. The van der Waals surface area contributed by atoms with Gasteiger partial charge in [-0.2, -0.15) is 0 Å². The predicted octanol–water partition coefficient (Wildman–Crippen LogP) is 4.22. The van der Waals surface area contributed by atoms with Gasteiger partial charge >= 0.3 is 6.09 Å². The van der Waals surface area contributed by atoms with E-state index in [-0.39, 0.29) is 23.8 Å². The molecule has 1 aliphatic heterocycles. The van der Waals surface area contributed by atoms with Crippen molar-refractivity contribution in [3.63, 3.8) is 0 Å². The third-order valence-electron chi connectivity index (χ3n) is 6.96. The van der Waals surface area contributed by atoms with Gasteiger partial charge in [-0.1, -0.05) is 0 Å². The van der Waals surface area contributed by atoms with E-state index < -0.39 is 5.82 Å². The molecule has 1 atom stereocenters. The molecule has 3 heterocycles. The summed E-state index contributed by atoms with van der Waals surface area (Å²) in [5.74, 6) is 0.0707. The zero-order chi connectivity index (χ0) is 26.8. The molecule has 2 N–H and O–H groups in total. The van der Waals surface area contributed by atoms with Crippen LogP contribution in [0.3, 0.4) is 0 Å². The molecule has 38 heavy (non-hydrogen) atoms. The third-order valence-corrected chi connectivity index (χ3v) is 6.96. The summed E-state index contributed by atoms with van der Waals surface area (Å²) in [7, 11) is 1.40. The third kappa shape index (κ3) is 5.23. The van der Waals surface area contributed by atoms with Gasteiger partial charge in [0.05, 0.1) is 31.4 Å². The summed E-state index contributed by atoms with van der Waals surface area (Å²) in [6.45, 7) is 5.33. The number of hydrogen-bond acceptors (Lipinski definition) is 7. The number of ether oxygens (including phenoxy) is 3. The van der Waals surface area contributed by atoms with Gasteiger partial charge in [0.2, 0.25) is 0 Å². The minimum atomic E-state index is -0.528. The molecule has 0 radical (unpaired) electrons. The summed E-state index contributed by atoms with van der Waals surface area (Å²) in [5.41, 5.74) is 3.02. The van der Waals surface area contributed by atoms with Gasteiger partial charge < -0.3 is 29.4 Å². The van der Waals surface area contributed by atoms with E-state index in [1.54, 1.807) is 24.8 Å². The molecule has 202 valence electrons. The average Bonchev–Trinajstić information content (AvgIpc) is 3.67. The highest BCUT2D eigenvalue weighted by Crippen LogP contribution is 2.39. The van der Waals surface area contributed by atoms with Crippen molar-refractivity contribution in [3.05, 3.63) is 35.5 Å². The van der Waals surface area contributed by atoms with Crippen LogP contribution in [0.15, 0.2) is 18.5 Å². The number of methoxy groups -OCH3 is 1. The molecule has 2 aliphatic rings. The fourth-order valence-corrected chi connectivity index (χ4v) is 4.82. The maximum Gasteiger partial charge on any atom is 0.409 e. The molecule has 3 aromatic rings. The lowest BCUT2D eigenvalue weighted by Gasteiger charge is -2.32. The highest BCUT2D eigenvalue weighted by molar-refractivity contribution is 6.09. The van der Waals surface area contributed by atoms with Gasteiger partial charge in [0.1, 0.15) is 23.3 Å². The van der Waals surface area contributed by atoms with Crippen molar-refractivity contribution >= 4 is 23.0 Å². The molecule has 1 aliphatic carbocycles. The topological polar surface area (TPSA) is 119 Å². The first-order valence-electron chi connectivity index (χ1n) is 13.0. The lowest BCUT2D eigenvalue weighted by Crippen LogP contribution is -2.49. The summed E-state index contributed by atoms with van der Waals surface area (Å²) >= 11 is 0. The summed E-state index contributed by atoms with van der Waals surface area (Å²) in [6, 6.07) is 2.66. The quantitative estimate of drug-likeness (QED) is 0.452. The van der Waals surface area contributed by atoms with Crippen molar-refractivity contribution < 1.29 is 28.2 Å². The number of benzene rings is 1. The van der Waals surface area contributed by atoms with Crippen molar-refractivity contribution in [1.29, 1.82) is 0 Å². The van der Waals surface area contributed by atoms with Crippen LogP contribution in [0.25, 0.3) is 22.3 Å². The maximum atomic E-state index is 14.6. The van der Waals surface area contributed by atoms with Crippen LogP contribution in [0.4, 0.5) is 9.18 Å². The van der Waals surface area contributed by atoms with Gasteiger partial charge in [-0.05, 0) is 51.5 Å². The highest BCUT2D eigenvalue weighted by Gasteiger charge is 2.29. The maximum absolute atomic E-state index is 14.6. The second-order valence-electron chi connectivity index (χ2n) is 9.77. The molecule has 1 saturated heterocycles. The van der Waals surface area contributed by atoms with Crippen LogP contribution in [-0.4, -0.2) is 71.3 Å². The SMILES string of the molecule is CCOC(=O)N1CCC[C@@H](NC(=O)c2c(C)[nH]c3c(-c4cc(OC)c(F)cc4OCC4CC4)ncnc23)C1. The summed E-state index contributed by atoms with van der Waals surface area (Å²) in [6.07, 6.45) is 4.71. The number of aromatic nitrogens is 3. The number of halogens is 1. The summed E-state index contributed by atoms with van der Waals surface area (Å²) in [5, 5.41) is 3.05. The molecule has 10 nitrogen and oxygen atoms in total. The Labute approximate surface area is 219 Å². The van der Waals surface area contributed by atoms with E-state index >= 15 is 0 Å². The number of aromatic amines is 1. The molecule has 1 aromatic carbocycles. The molecule has 0 spiro atoms. The minimum Gasteiger partial charge on any atom is -0.494 e. The standard InChI is InChI=1S/C27H32FN5O5/c1-4-37-27(35)33-9-5-6-17(12-33)32-26(34)22-15(2)31-25-23(29-14-30-24(22)25)18-10-21(36-3)19(28)11-20(18)38-13-16-7-8-16/h10-11,14,16-17,31H,4-9,12-13H2,1-3H3,(H,32,34)/t17-/m1/s1. The van der Waals surface area contributed by atoms with E-state index in [4.69, 9.17) is 14.2 Å². The van der Waals surface area contributed by atoms with Crippen molar-refractivity contribution in [2.24, 2.45) is 5.92 Å². The molecular weight excluding hydrogens is 493 g/mol. The molecule has 0 bridgehead atoms. The average molecular weight is 526 g/mol. The normalized spacial score (nSPS) is 17.4. The lowest BCUT2D eigenvalue weighted by molar-refractivity contribution is 0.0821. The van der Waals surface area contributed by atoms with Crippen LogP contribution in [0.5, 0.6) is 11.5 Å². The smallest absolute Gasteiger partial charge is 0.409 e. The molecular formula is C27H32FN5O5. The van der Waals surface area contributed by atoms with Gasteiger partial charge in [-0.3, -0.25) is 4.79 Å². The number of nitrogens with zero attached hydrogens (tertiary/aromatic N) is 3. The Hall–Kier alpha value is -3.89. The lowest BCUT2D eigenvalue weighted by atomic mass is 10.0. The highest BCUT2D eigenvalue weighted by atomic mass is 19.1. The number of hydrogen-bond donors (Lipinski definition) is 2. The molecule has 5 rings (SSSR count). The molecule has 1 saturated carbocycles. The van der Waals surface area contributed by atoms with Gasteiger partial charge in [-0.15, -0.1) is 0 Å². The van der Waals surface area contributed by atoms with E-state index in [1.165, 1.54) is 19.5 Å². The number of amides is 2. The van der Waals surface area contributed by atoms with Gasteiger partial charge in [0.15, 0.2) is 11.6 Å². The molecule has 0 unspecified atom stereocenters. The molecule has 2 amide bonds. The number of H-pyrrole nitrogens is 1. The Morgan fingerprint density at radius 1 is 1.21 bits per heavy atom. The number of piperidine rings is 1. The van der Waals surface area contributed by atoms with Crippen molar-refractivity contribution in [2.45, 2.75) is 45.6 Å². The number of rotatable bonds is 8. The van der Waals surface area contributed by atoms with E-state index in [1.807, 2.05) is 0 Å². The molecule has 2 aromatic heterocycles. The van der Waals surface area contributed by atoms with Crippen LogP contribution in [0.2, 0.25) is 0 Å². The van der Waals surface area contributed by atoms with E-state index in [9.17, 15) is 14.0 Å². The van der Waals surface area contributed by atoms with Crippen molar-refractivity contribution in [3.8, 4) is 22.8 Å². The van der Waals surface area contributed by atoms with E-state index in [2.05, 4.69) is 20.3 Å². The summed E-state index contributed by atoms with van der Waals surface area (Å²) in [4.78, 5) is 39.4.